The molecule has 1 aromatic heterocycles. The van der Waals surface area contributed by atoms with Gasteiger partial charge in [0, 0.05) is 12.4 Å². The summed E-state index contributed by atoms with van der Waals surface area (Å²) >= 11 is 0. The van der Waals surface area contributed by atoms with Gasteiger partial charge >= 0.3 is 0 Å². The fourth-order valence-corrected chi connectivity index (χ4v) is 3.84. The third kappa shape index (κ3) is 2.95. The van der Waals surface area contributed by atoms with Gasteiger partial charge in [0.25, 0.3) is 0 Å². The maximum atomic E-state index is 4.35. The van der Waals surface area contributed by atoms with E-state index in [1.807, 2.05) is 6.07 Å². The second kappa shape index (κ2) is 6.28. The van der Waals surface area contributed by atoms with E-state index in [2.05, 4.69) is 44.9 Å². The molecule has 0 unspecified atom stereocenters. The molecule has 1 aromatic carbocycles. The SMILES string of the molecule is c1cnc(NC2(c3cccc(C4CCNCC4)c3)CCC2)nc1. The molecule has 2 aliphatic rings. The summed E-state index contributed by atoms with van der Waals surface area (Å²) in [5, 5.41) is 7.06. The highest BCUT2D eigenvalue weighted by Gasteiger charge is 2.39. The van der Waals surface area contributed by atoms with Gasteiger partial charge in [0.05, 0.1) is 5.54 Å². The van der Waals surface area contributed by atoms with Crippen LogP contribution >= 0.6 is 0 Å². The lowest BCUT2D eigenvalue weighted by molar-refractivity contribution is 0.282. The fourth-order valence-electron chi connectivity index (χ4n) is 3.84. The minimum Gasteiger partial charge on any atom is -0.345 e. The van der Waals surface area contributed by atoms with Crippen molar-refractivity contribution in [3.63, 3.8) is 0 Å². The maximum Gasteiger partial charge on any atom is 0.223 e. The van der Waals surface area contributed by atoms with Crippen molar-refractivity contribution in [3.8, 4) is 0 Å². The highest BCUT2D eigenvalue weighted by Crippen LogP contribution is 2.44. The third-order valence-electron chi connectivity index (χ3n) is 5.37. The predicted octanol–water partition coefficient (Wildman–Crippen LogP) is 3.43. The summed E-state index contributed by atoms with van der Waals surface area (Å²) in [6, 6.07) is 11.1. The zero-order valence-electron chi connectivity index (χ0n) is 13.5. The lowest BCUT2D eigenvalue weighted by Crippen LogP contribution is -2.42. The summed E-state index contributed by atoms with van der Waals surface area (Å²) in [7, 11) is 0. The Morgan fingerprint density at radius 1 is 1.04 bits per heavy atom. The first kappa shape index (κ1) is 14.6. The van der Waals surface area contributed by atoms with Gasteiger partial charge in [-0.3, -0.25) is 0 Å². The van der Waals surface area contributed by atoms with E-state index in [0.29, 0.717) is 5.92 Å². The van der Waals surface area contributed by atoms with Crippen LogP contribution in [0.15, 0.2) is 42.7 Å². The van der Waals surface area contributed by atoms with Crippen molar-refractivity contribution < 1.29 is 0 Å². The van der Waals surface area contributed by atoms with Crippen molar-refractivity contribution in [1.29, 1.82) is 0 Å². The molecule has 4 rings (SSSR count). The minimum absolute atomic E-state index is 0.0181. The van der Waals surface area contributed by atoms with Crippen LogP contribution in [0.5, 0.6) is 0 Å². The molecule has 0 bridgehead atoms. The van der Waals surface area contributed by atoms with Crippen LogP contribution in [0.3, 0.4) is 0 Å². The monoisotopic (exact) mass is 308 g/mol. The van der Waals surface area contributed by atoms with Crippen LogP contribution in [0.25, 0.3) is 0 Å². The van der Waals surface area contributed by atoms with Crippen LogP contribution in [-0.2, 0) is 5.54 Å². The van der Waals surface area contributed by atoms with Gasteiger partial charge in [-0.25, -0.2) is 9.97 Å². The molecule has 1 aliphatic heterocycles. The van der Waals surface area contributed by atoms with E-state index in [4.69, 9.17) is 0 Å². The summed E-state index contributed by atoms with van der Waals surface area (Å²) < 4.78 is 0. The van der Waals surface area contributed by atoms with E-state index in [0.717, 1.165) is 31.9 Å². The normalized spacial score (nSPS) is 20.7. The lowest BCUT2D eigenvalue weighted by Gasteiger charge is -2.43. The number of anilines is 1. The van der Waals surface area contributed by atoms with Gasteiger partial charge in [-0.05, 0) is 68.3 Å². The Labute approximate surface area is 137 Å². The first-order valence-corrected chi connectivity index (χ1v) is 8.72. The molecule has 4 heteroatoms. The van der Waals surface area contributed by atoms with E-state index in [-0.39, 0.29) is 5.54 Å². The molecule has 2 heterocycles. The van der Waals surface area contributed by atoms with Crippen molar-refractivity contribution in [2.24, 2.45) is 0 Å². The molecule has 2 fully saturated rings. The lowest BCUT2D eigenvalue weighted by atomic mass is 9.71. The quantitative estimate of drug-likeness (QED) is 0.908. The smallest absolute Gasteiger partial charge is 0.223 e. The molecule has 23 heavy (non-hydrogen) atoms. The number of hydrogen-bond donors (Lipinski definition) is 2. The standard InChI is InChI=1S/C19H24N4/c1-4-16(15-6-12-20-13-7-15)14-17(5-1)19(8-2-9-19)23-18-21-10-3-11-22-18/h1,3-5,10-11,14-15,20H,2,6-9,12-13H2,(H,21,22,23). The Kier molecular flexibility index (Phi) is 4.00. The number of benzene rings is 1. The minimum atomic E-state index is 0.0181. The Morgan fingerprint density at radius 3 is 2.52 bits per heavy atom. The number of aromatic nitrogens is 2. The van der Waals surface area contributed by atoms with Crippen LogP contribution in [0.4, 0.5) is 5.95 Å². The van der Waals surface area contributed by atoms with E-state index in [1.54, 1.807) is 12.4 Å². The molecular formula is C19H24N4. The first-order chi connectivity index (χ1) is 11.4. The summed E-state index contributed by atoms with van der Waals surface area (Å²) in [6.07, 6.45) is 9.65. The maximum absolute atomic E-state index is 4.35. The van der Waals surface area contributed by atoms with Gasteiger partial charge in [-0.15, -0.1) is 0 Å². The summed E-state index contributed by atoms with van der Waals surface area (Å²) in [5.41, 5.74) is 2.91. The van der Waals surface area contributed by atoms with Gasteiger partial charge in [0.2, 0.25) is 5.95 Å². The van der Waals surface area contributed by atoms with Gasteiger partial charge < -0.3 is 10.6 Å². The van der Waals surface area contributed by atoms with E-state index in [9.17, 15) is 0 Å². The van der Waals surface area contributed by atoms with Crippen molar-refractivity contribution in [3.05, 3.63) is 53.9 Å². The highest BCUT2D eigenvalue weighted by molar-refractivity contribution is 5.41. The molecule has 0 spiro atoms. The summed E-state index contributed by atoms with van der Waals surface area (Å²) in [6.45, 7) is 2.27. The molecule has 1 saturated heterocycles. The Bertz CT molecular complexity index is 645. The van der Waals surface area contributed by atoms with Gasteiger partial charge in [0.1, 0.15) is 0 Å². The largest absolute Gasteiger partial charge is 0.345 e. The molecule has 1 aliphatic carbocycles. The Hall–Kier alpha value is -1.94. The third-order valence-corrected chi connectivity index (χ3v) is 5.37. The number of nitrogens with zero attached hydrogens (tertiary/aromatic N) is 2. The topological polar surface area (TPSA) is 49.8 Å². The number of rotatable bonds is 4. The molecule has 0 atom stereocenters. The number of hydrogen-bond acceptors (Lipinski definition) is 4. The first-order valence-electron chi connectivity index (χ1n) is 8.72. The van der Waals surface area contributed by atoms with Crippen LogP contribution in [0.2, 0.25) is 0 Å². The molecule has 0 radical (unpaired) electrons. The Balaban J connectivity index is 1.60. The predicted molar refractivity (Wildman–Crippen MR) is 92.5 cm³/mol. The zero-order valence-corrected chi connectivity index (χ0v) is 13.5. The average Bonchev–Trinajstić information content (AvgIpc) is 2.60. The van der Waals surface area contributed by atoms with Gasteiger partial charge in [-0.2, -0.15) is 0 Å². The second-order valence-corrected chi connectivity index (χ2v) is 6.78. The molecule has 1 saturated carbocycles. The number of piperidine rings is 1. The Morgan fingerprint density at radius 2 is 1.83 bits per heavy atom. The van der Waals surface area contributed by atoms with Gasteiger partial charge in [0.15, 0.2) is 0 Å². The van der Waals surface area contributed by atoms with Crippen molar-refractivity contribution in [2.75, 3.05) is 18.4 Å². The van der Waals surface area contributed by atoms with E-state index in [1.165, 1.54) is 30.4 Å². The van der Waals surface area contributed by atoms with Crippen LogP contribution in [-0.4, -0.2) is 23.1 Å². The fraction of sp³-hybridized carbons (Fsp3) is 0.474. The molecule has 2 aromatic rings. The molecule has 120 valence electrons. The number of nitrogens with one attached hydrogen (secondary N) is 2. The highest BCUT2D eigenvalue weighted by atomic mass is 15.1. The summed E-state index contributed by atoms with van der Waals surface area (Å²) in [4.78, 5) is 8.71. The average molecular weight is 308 g/mol. The molecule has 0 amide bonds. The second-order valence-electron chi connectivity index (χ2n) is 6.78. The van der Waals surface area contributed by atoms with Crippen molar-refractivity contribution in [1.82, 2.24) is 15.3 Å². The van der Waals surface area contributed by atoms with Crippen LogP contribution in [0.1, 0.15) is 49.1 Å². The summed E-state index contributed by atoms with van der Waals surface area (Å²) in [5.74, 6) is 1.43. The van der Waals surface area contributed by atoms with Crippen LogP contribution in [0, 0.1) is 0 Å². The van der Waals surface area contributed by atoms with Crippen molar-refractivity contribution >= 4 is 5.95 Å². The molecule has 2 N–H and O–H groups in total. The van der Waals surface area contributed by atoms with Gasteiger partial charge in [-0.1, -0.05) is 24.3 Å². The van der Waals surface area contributed by atoms with Crippen molar-refractivity contribution in [2.45, 2.75) is 43.6 Å². The zero-order chi connectivity index (χ0) is 15.5. The van der Waals surface area contributed by atoms with Crippen LogP contribution < -0.4 is 10.6 Å². The molecular weight excluding hydrogens is 284 g/mol. The van der Waals surface area contributed by atoms with E-state index < -0.39 is 0 Å². The molecule has 4 nitrogen and oxygen atoms in total. The van der Waals surface area contributed by atoms with E-state index >= 15 is 0 Å².